The smallest absolute Gasteiger partial charge is 0.387 e. The summed E-state index contributed by atoms with van der Waals surface area (Å²) >= 11 is 0. The third-order valence-corrected chi connectivity index (χ3v) is 3.51. The summed E-state index contributed by atoms with van der Waals surface area (Å²) in [6.07, 6.45) is 0.510. The number of ether oxygens (including phenoxy) is 1. The predicted octanol–water partition coefficient (Wildman–Crippen LogP) is 2.54. The lowest BCUT2D eigenvalue weighted by atomic mass is 10.0. The molecule has 0 atom stereocenters. The van der Waals surface area contributed by atoms with E-state index in [1.807, 2.05) is 0 Å². The quantitative estimate of drug-likeness (QED) is 0.839. The van der Waals surface area contributed by atoms with Gasteiger partial charge in [0.1, 0.15) is 11.3 Å². The third-order valence-electron chi connectivity index (χ3n) is 3.51. The lowest BCUT2D eigenvalue weighted by Gasteiger charge is -2.31. The van der Waals surface area contributed by atoms with Crippen molar-refractivity contribution in [1.29, 1.82) is 0 Å². The van der Waals surface area contributed by atoms with E-state index in [9.17, 15) is 18.4 Å². The Bertz CT molecular complexity index is 529. The number of hydrogen-bond donors (Lipinski definition) is 1. The number of halogens is 2. The summed E-state index contributed by atoms with van der Waals surface area (Å²) in [6.45, 7) is 0.0206. The first kappa shape index (κ1) is 17.9. The van der Waals surface area contributed by atoms with Gasteiger partial charge in [-0.15, -0.1) is 0 Å². The van der Waals surface area contributed by atoms with Crippen LogP contribution < -0.4 is 4.74 Å². The molecule has 1 aromatic rings. The number of amides is 1. The highest BCUT2D eigenvalue weighted by Crippen LogP contribution is 2.18. The van der Waals surface area contributed by atoms with Gasteiger partial charge in [-0.05, 0) is 38.0 Å². The number of benzene rings is 1. The normalized spacial score (nSPS) is 11.4. The Hall–Kier alpha value is -2.18. The maximum atomic E-state index is 12.0. The number of carboxylic acids is 1. The van der Waals surface area contributed by atoms with Crippen LogP contribution in [0.2, 0.25) is 0 Å². The van der Waals surface area contributed by atoms with E-state index >= 15 is 0 Å². The van der Waals surface area contributed by atoms with Gasteiger partial charge >= 0.3 is 12.6 Å². The summed E-state index contributed by atoms with van der Waals surface area (Å²) in [7, 11) is 1.44. The van der Waals surface area contributed by atoms with Crippen molar-refractivity contribution >= 4 is 11.9 Å². The van der Waals surface area contributed by atoms with Crippen molar-refractivity contribution in [3.63, 3.8) is 0 Å². The fourth-order valence-electron chi connectivity index (χ4n) is 1.71. The summed E-state index contributed by atoms with van der Waals surface area (Å²) < 4.78 is 28.3. The number of nitrogens with zero attached hydrogens (tertiary/aromatic N) is 1. The van der Waals surface area contributed by atoms with Gasteiger partial charge in [0, 0.05) is 13.5 Å². The Morgan fingerprint density at radius 3 is 2.27 bits per heavy atom. The molecule has 22 heavy (non-hydrogen) atoms. The van der Waals surface area contributed by atoms with Crippen LogP contribution in [0.1, 0.15) is 25.8 Å². The number of rotatable bonds is 7. The summed E-state index contributed by atoms with van der Waals surface area (Å²) in [4.78, 5) is 24.3. The maximum Gasteiger partial charge on any atom is 0.387 e. The Morgan fingerprint density at radius 2 is 1.82 bits per heavy atom. The van der Waals surface area contributed by atoms with Crippen molar-refractivity contribution in [2.75, 3.05) is 7.05 Å². The highest BCUT2D eigenvalue weighted by molar-refractivity contribution is 5.86. The molecule has 0 fully saturated rings. The molecule has 0 saturated heterocycles. The van der Waals surface area contributed by atoms with Crippen LogP contribution in [-0.2, 0) is 16.0 Å². The minimum Gasteiger partial charge on any atom is -0.480 e. The number of carbonyl (C=O) groups is 2. The molecule has 0 aliphatic heterocycles. The Balaban J connectivity index is 2.59. The fourth-order valence-corrected chi connectivity index (χ4v) is 1.71. The highest BCUT2D eigenvalue weighted by atomic mass is 19.3. The topological polar surface area (TPSA) is 66.8 Å². The molecule has 122 valence electrons. The van der Waals surface area contributed by atoms with E-state index in [0.717, 1.165) is 5.56 Å². The monoisotopic (exact) mass is 315 g/mol. The van der Waals surface area contributed by atoms with Crippen LogP contribution in [0, 0.1) is 0 Å². The number of carboxylic acid groups (broad SMARTS) is 1. The SMILES string of the molecule is CN(C(=O)CCc1ccc(OC(F)F)cc1)C(C)(C)C(=O)O. The van der Waals surface area contributed by atoms with Crippen molar-refractivity contribution in [3.8, 4) is 5.75 Å². The van der Waals surface area contributed by atoms with Crippen molar-refractivity contribution in [3.05, 3.63) is 29.8 Å². The molecule has 1 amide bonds. The van der Waals surface area contributed by atoms with Crippen LogP contribution in [0.5, 0.6) is 5.75 Å². The summed E-state index contributed by atoms with van der Waals surface area (Å²) in [5.74, 6) is -1.34. The number of alkyl halides is 2. The average molecular weight is 315 g/mol. The molecule has 0 radical (unpaired) electrons. The summed E-state index contributed by atoms with van der Waals surface area (Å²) in [5.41, 5.74) is -0.511. The molecule has 0 saturated carbocycles. The van der Waals surface area contributed by atoms with Crippen molar-refractivity contribution in [2.45, 2.75) is 38.8 Å². The van der Waals surface area contributed by atoms with E-state index in [1.165, 1.54) is 37.9 Å². The number of carbonyl (C=O) groups excluding carboxylic acids is 1. The van der Waals surface area contributed by atoms with Crippen LogP contribution in [0.15, 0.2) is 24.3 Å². The molecule has 0 spiro atoms. The fraction of sp³-hybridized carbons (Fsp3) is 0.467. The van der Waals surface area contributed by atoms with E-state index in [1.54, 1.807) is 12.1 Å². The van der Waals surface area contributed by atoms with Gasteiger partial charge in [-0.25, -0.2) is 4.79 Å². The van der Waals surface area contributed by atoms with E-state index in [-0.39, 0.29) is 18.1 Å². The first-order chi connectivity index (χ1) is 10.1. The highest BCUT2D eigenvalue weighted by Gasteiger charge is 2.34. The molecule has 0 bridgehead atoms. The number of aryl methyl sites for hydroxylation is 1. The van der Waals surface area contributed by atoms with Crippen LogP contribution in [0.3, 0.4) is 0 Å². The van der Waals surface area contributed by atoms with Gasteiger partial charge in [0.2, 0.25) is 5.91 Å². The van der Waals surface area contributed by atoms with Gasteiger partial charge in [-0.1, -0.05) is 12.1 Å². The van der Waals surface area contributed by atoms with Gasteiger partial charge in [-0.2, -0.15) is 8.78 Å². The molecule has 1 N–H and O–H groups in total. The average Bonchev–Trinajstić information content (AvgIpc) is 2.44. The minimum atomic E-state index is -2.88. The molecule has 0 unspecified atom stereocenters. The Morgan fingerprint density at radius 1 is 1.27 bits per heavy atom. The van der Waals surface area contributed by atoms with Crippen molar-refractivity contribution in [2.24, 2.45) is 0 Å². The van der Waals surface area contributed by atoms with Crippen molar-refractivity contribution < 1.29 is 28.2 Å². The zero-order chi connectivity index (χ0) is 16.9. The summed E-state index contributed by atoms with van der Waals surface area (Å²) in [5, 5.41) is 9.08. The van der Waals surface area contributed by atoms with E-state index in [0.29, 0.717) is 6.42 Å². The molecule has 0 aromatic heterocycles. The zero-order valence-corrected chi connectivity index (χ0v) is 12.7. The first-order valence-electron chi connectivity index (χ1n) is 6.68. The molecule has 5 nitrogen and oxygen atoms in total. The van der Waals surface area contributed by atoms with Crippen LogP contribution >= 0.6 is 0 Å². The predicted molar refractivity (Wildman–Crippen MR) is 75.9 cm³/mol. The second-order valence-electron chi connectivity index (χ2n) is 5.34. The minimum absolute atomic E-state index is 0.0502. The van der Waals surface area contributed by atoms with Gasteiger partial charge in [-0.3, -0.25) is 4.79 Å². The number of hydrogen-bond acceptors (Lipinski definition) is 3. The molecule has 1 rings (SSSR count). The lowest BCUT2D eigenvalue weighted by molar-refractivity contribution is -0.155. The molecular formula is C15H19F2NO4. The van der Waals surface area contributed by atoms with Gasteiger partial charge < -0.3 is 14.7 Å². The molecule has 0 aliphatic rings. The van der Waals surface area contributed by atoms with E-state index in [2.05, 4.69) is 4.74 Å². The van der Waals surface area contributed by atoms with Gasteiger partial charge in [0.05, 0.1) is 0 Å². The molecular weight excluding hydrogens is 296 g/mol. The second-order valence-corrected chi connectivity index (χ2v) is 5.34. The van der Waals surface area contributed by atoms with Gasteiger partial charge in [0.25, 0.3) is 0 Å². The maximum absolute atomic E-state index is 12.0. The first-order valence-corrected chi connectivity index (χ1v) is 6.68. The Kier molecular flexibility index (Phi) is 5.84. The number of likely N-dealkylation sites (N-methyl/N-ethyl adjacent to an activating group) is 1. The second kappa shape index (κ2) is 7.20. The van der Waals surface area contributed by atoms with Crippen LogP contribution in [-0.4, -0.2) is 41.1 Å². The largest absolute Gasteiger partial charge is 0.480 e. The van der Waals surface area contributed by atoms with Crippen molar-refractivity contribution in [1.82, 2.24) is 4.90 Å². The summed E-state index contributed by atoms with van der Waals surface area (Å²) in [6, 6.07) is 5.98. The molecule has 0 heterocycles. The van der Waals surface area contributed by atoms with E-state index < -0.39 is 18.1 Å². The molecule has 0 aliphatic carbocycles. The van der Waals surface area contributed by atoms with Gasteiger partial charge in [0.15, 0.2) is 0 Å². The van der Waals surface area contributed by atoms with E-state index in [4.69, 9.17) is 5.11 Å². The molecule has 7 heteroatoms. The van der Waals surface area contributed by atoms with Crippen LogP contribution in [0.4, 0.5) is 8.78 Å². The van der Waals surface area contributed by atoms with Crippen LogP contribution in [0.25, 0.3) is 0 Å². The zero-order valence-electron chi connectivity index (χ0n) is 12.7. The Labute approximate surface area is 127 Å². The standard InChI is InChI=1S/C15H19F2NO4/c1-15(2,13(20)21)18(3)12(19)9-6-10-4-7-11(8-5-10)22-14(16)17/h4-5,7-8,14H,6,9H2,1-3H3,(H,20,21). The third kappa shape index (κ3) is 4.68. The molecule has 1 aromatic carbocycles. The lowest BCUT2D eigenvalue weighted by Crippen LogP contribution is -2.50. The number of aliphatic carboxylic acids is 1.